The number of phenols is 1. The van der Waals surface area contributed by atoms with Crippen LogP contribution in [-0.2, 0) is 11.3 Å². The summed E-state index contributed by atoms with van der Waals surface area (Å²) in [7, 11) is 1.54. The summed E-state index contributed by atoms with van der Waals surface area (Å²) in [6, 6.07) is 5.46. The first-order chi connectivity index (χ1) is 14.6. The second kappa shape index (κ2) is 10.2. The SMILES string of the molecule is CC/C(C)=C(NC(=O)c1cc(F)c(-c2ccc(C)c(CO)n2)cc1O)\C(C)=C(/C)OC. The van der Waals surface area contributed by atoms with Crippen molar-refractivity contribution < 1.29 is 24.1 Å². The molecule has 2 aromatic rings. The third kappa shape index (κ3) is 5.30. The minimum atomic E-state index is -0.707. The molecule has 3 N–H and O–H groups in total. The molecule has 0 unspecified atom stereocenters. The molecular formula is C24H29FN2O4. The number of hydrogen-bond donors (Lipinski definition) is 3. The van der Waals surface area contributed by atoms with Crippen molar-refractivity contribution in [2.45, 2.75) is 47.6 Å². The molecule has 0 bridgehead atoms. The number of methoxy groups -OCH3 is 1. The van der Waals surface area contributed by atoms with Gasteiger partial charge < -0.3 is 20.3 Å². The van der Waals surface area contributed by atoms with E-state index in [4.69, 9.17) is 4.74 Å². The lowest BCUT2D eigenvalue weighted by atomic mass is 10.0. The average molecular weight is 429 g/mol. The predicted molar refractivity (Wildman–Crippen MR) is 118 cm³/mol. The molecule has 1 amide bonds. The first kappa shape index (κ1) is 24.1. The molecule has 1 heterocycles. The number of allylic oxidation sites excluding steroid dienone is 3. The maximum Gasteiger partial charge on any atom is 0.259 e. The Labute approximate surface area is 182 Å². The van der Waals surface area contributed by atoms with Crippen molar-refractivity contribution in [3.8, 4) is 17.0 Å². The molecule has 2 rings (SSSR count). The lowest BCUT2D eigenvalue weighted by Gasteiger charge is -2.17. The highest BCUT2D eigenvalue weighted by Gasteiger charge is 2.20. The summed E-state index contributed by atoms with van der Waals surface area (Å²) in [5.41, 5.74) is 3.52. The summed E-state index contributed by atoms with van der Waals surface area (Å²) in [5, 5.41) is 22.7. The van der Waals surface area contributed by atoms with Crippen LogP contribution >= 0.6 is 0 Å². The molecule has 0 spiro atoms. The molecule has 0 aliphatic rings. The van der Waals surface area contributed by atoms with E-state index in [9.17, 15) is 19.4 Å². The van der Waals surface area contributed by atoms with Crippen molar-refractivity contribution in [3.63, 3.8) is 0 Å². The van der Waals surface area contributed by atoms with E-state index in [1.807, 2.05) is 20.8 Å². The van der Waals surface area contributed by atoms with Crippen molar-refractivity contribution in [2.75, 3.05) is 7.11 Å². The van der Waals surface area contributed by atoms with Gasteiger partial charge in [-0.1, -0.05) is 13.0 Å². The fourth-order valence-corrected chi connectivity index (χ4v) is 3.03. The van der Waals surface area contributed by atoms with Gasteiger partial charge in [0.2, 0.25) is 0 Å². The van der Waals surface area contributed by atoms with Gasteiger partial charge in [-0.05, 0) is 63.5 Å². The van der Waals surface area contributed by atoms with E-state index in [0.717, 1.165) is 22.8 Å². The molecule has 0 radical (unpaired) electrons. The summed E-state index contributed by atoms with van der Waals surface area (Å²) in [6.07, 6.45) is 0.690. The van der Waals surface area contributed by atoms with Gasteiger partial charge in [0.15, 0.2) is 0 Å². The van der Waals surface area contributed by atoms with Crippen LogP contribution in [0.4, 0.5) is 4.39 Å². The normalized spacial score (nSPS) is 12.8. The number of phenolic OH excluding ortho intramolecular Hbond substituents is 1. The van der Waals surface area contributed by atoms with Crippen molar-refractivity contribution >= 4 is 5.91 Å². The highest BCUT2D eigenvalue weighted by Crippen LogP contribution is 2.30. The van der Waals surface area contributed by atoms with Crippen LogP contribution in [-0.4, -0.2) is 28.2 Å². The molecule has 0 aliphatic carbocycles. The van der Waals surface area contributed by atoms with E-state index < -0.39 is 11.7 Å². The number of aliphatic hydroxyl groups is 1. The zero-order valence-electron chi connectivity index (χ0n) is 18.8. The molecule has 0 saturated carbocycles. The van der Waals surface area contributed by atoms with Gasteiger partial charge in [-0.3, -0.25) is 4.79 Å². The van der Waals surface area contributed by atoms with Crippen molar-refractivity contribution in [2.24, 2.45) is 0 Å². The van der Waals surface area contributed by atoms with Crippen LogP contribution < -0.4 is 5.32 Å². The number of aromatic hydroxyl groups is 1. The zero-order chi connectivity index (χ0) is 23.3. The first-order valence-electron chi connectivity index (χ1n) is 9.97. The number of aliphatic hydroxyl groups excluding tert-OH is 1. The second-order valence-electron chi connectivity index (χ2n) is 7.32. The van der Waals surface area contributed by atoms with Crippen LogP contribution in [0.1, 0.15) is 55.7 Å². The average Bonchev–Trinajstić information content (AvgIpc) is 2.77. The number of nitrogens with zero attached hydrogens (tertiary/aromatic N) is 1. The number of rotatable bonds is 7. The number of benzene rings is 1. The highest BCUT2D eigenvalue weighted by atomic mass is 19.1. The molecule has 7 heteroatoms. The Morgan fingerprint density at radius 1 is 1.23 bits per heavy atom. The van der Waals surface area contributed by atoms with Gasteiger partial charge in [0.1, 0.15) is 11.6 Å². The Morgan fingerprint density at radius 3 is 2.48 bits per heavy atom. The molecule has 0 aliphatic heterocycles. The van der Waals surface area contributed by atoms with E-state index in [2.05, 4.69) is 10.3 Å². The van der Waals surface area contributed by atoms with E-state index in [-0.39, 0.29) is 29.2 Å². The Bertz CT molecular complexity index is 1060. The van der Waals surface area contributed by atoms with E-state index in [1.165, 1.54) is 6.07 Å². The minimum absolute atomic E-state index is 0.0376. The standard InChI is InChI=1S/C24H29FN2O4/c1-7-13(2)23(15(4)16(5)31-6)27-24(30)18-10-19(25)17(11-22(18)29)20-9-8-14(3)21(12-28)26-20/h8-11,28-29H,7,12H2,1-6H3,(H,27,30)/b16-15+,23-13+. The molecule has 0 atom stereocenters. The number of amides is 1. The fourth-order valence-electron chi connectivity index (χ4n) is 3.03. The number of pyridine rings is 1. The molecule has 31 heavy (non-hydrogen) atoms. The Morgan fingerprint density at radius 2 is 1.90 bits per heavy atom. The Kier molecular flexibility index (Phi) is 7.94. The fraction of sp³-hybridized carbons (Fsp3) is 0.333. The third-order valence-corrected chi connectivity index (χ3v) is 5.36. The van der Waals surface area contributed by atoms with Crippen LogP contribution in [0.2, 0.25) is 0 Å². The minimum Gasteiger partial charge on any atom is -0.507 e. The molecule has 6 nitrogen and oxygen atoms in total. The van der Waals surface area contributed by atoms with E-state index in [1.54, 1.807) is 33.1 Å². The number of ether oxygens (including phenoxy) is 1. The predicted octanol–water partition coefficient (Wildman–Crippen LogP) is 4.75. The van der Waals surface area contributed by atoms with E-state index >= 15 is 0 Å². The molecule has 1 aromatic heterocycles. The first-order valence-corrected chi connectivity index (χ1v) is 9.97. The number of aromatic nitrogens is 1. The zero-order valence-corrected chi connectivity index (χ0v) is 18.8. The number of halogens is 1. The quantitative estimate of drug-likeness (QED) is 0.437. The second-order valence-corrected chi connectivity index (χ2v) is 7.32. The number of carbonyl (C=O) groups excluding carboxylic acids is 1. The van der Waals surface area contributed by atoms with E-state index in [0.29, 0.717) is 23.6 Å². The molecule has 0 fully saturated rings. The van der Waals surface area contributed by atoms with Gasteiger partial charge in [0.05, 0.1) is 36.4 Å². The van der Waals surface area contributed by atoms with Gasteiger partial charge in [-0.25, -0.2) is 9.37 Å². The maximum atomic E-state index is 14.9. The van der Waals surface area contributed by atoms with Crippen LogP contribution in [0.5, 0.6) is 5.75 Å². The molecule has 0 saturated heterocycles. The lowest BCUT2D eigenvalue weighted by molar-refractivity contribution is 0.0962. The highest BCUT2D eigenvalue weighted by molar-refractivity contribution is 5.99. The number of carbonyl (C=O) groups is 1. The lowest BCUT2D eigenvalue weighted by Crippen LogP contribution is -2.25. The molecule has 166 valence electrons. The van der Waals surface area contributed by atoms with Crippen LogP contribution in [0.15, 0.2) is 46.9 Å². The van der Waals surface area contributed by atoms with Crippen LogP contribution in [0.25, 0.3) is 11.3 Å². The molecular weight excluding hydrogens is 399 g/mol. The summed E-state index contributed by atoms with van der Waals surface area (Å²) >= 11 is 0. The van der Waals surface area contributed by atoms with Gasteiger partial charge in [0, 0.05) is 16.8 Å². The van der Waals surface area contributed by atoms with Crippen LogP contribution in [0.3, 0.4) is 0 Å². The van der Waals surface area contributed by atoms with Crippen molar-refractivity contribution in [1.82, 2.24) is 10.3 Å². The van der Waals surface area contributed by atoms with Gasteiger partial charge in [-0.2, -0.15) is 0 Å². The van der Waals surface area contributed by atoms with Gasteiger partial charge in [0.25, 0.3) is 5.91 Å². The largest absolute Gasteiger partial charge is 0.507 e. The summed E-state index contributed by atoms with van der Waals surface area (Å²) in [4.78, 5) is 17.1. The topological polar surface area (TPSA) is 91.7 Å². The Balaban J connectivity index is 2.46. The van der Waals surface area contributed by atoms with Crippen molar-refractivity contribution in [1.29, 1.82) is 0 Å². The number of aryl methyl sites for hydroxylation is 1. The van der Waals surface area contributed by atoms with Crippen molar-refractivity contribution in [3.05, 3.63) is 69.5 Å². The van der Waals surface area contributed by atoms with Gasteiger partial charge >= 0.3 is 0 Å². The smallest absolute Gasteiger partial charge is 0.259 e. The Hall–Kier alpha value is -3.19. The monoisotopic (exact) mass is 428 g/mol. The third-order valence-electron chi connectivity index (χ3n) is 5.36. The maximum absolute atomic E-state index is 14.9. The molecule has 1 aromatic carbocycles. The number of nitrogens with one attached hydrogen (secondary N) is 1. The summed E-state index contributed by atoms with van der Waals surface area (Å²) < 4.78 is 20.2. The summed E-state index contributed by atoms with van der Waals surface area (Å²) in [5.74, 6) is -1.08. The van der Waals surface area contributed by atoms with Crippen LogP contribution in [0, 0.1) is 12.7 Å². The number of hydrogen-bond acceptors (Lipinski definition) is 5. The van der Waals surface area contributed by atoms with Gasteiger partial charge in [-0.15, -0.1) is 0 Å². The summed E-state index contributed by atoms with van der Waals surface area (Å²) in [6.45, 7) is 8.94.